The Balaban J connectivity index is 2.09. The predicted molar refractivity (Wildman–Crippen MR) is 73.7 cm³/mol. The minimum atomic E-state index is 0.255. The van der Waals surface area contributed by atoms with Crippen LogP contribution in [0.2, 0.25) is 5.15 Å². The van der Waals surface area contributed by atoms with Gasteiger partial charge in [0.25, 0.3) is 0 Å². The maximum Gasteiger partial charge on any atom is 0.167 e. The fraction of sp³-hybridized carbons (Fsp3) is 0.286. The van der Waals surface area contributed by atoms with Gasteiger partial charge in [0.2, 0.25) is 0 Å². The summed E-state index contributed by atoms with van der Waals surface area (Å²) >= 11 is 5.88. The van der Waals surface area contributed by atoms with Crippen LogP contribution in [0, 0.1) is 6.92 Å². The van der Waals surface area contributed by atoms with Crippen LogP contribution in [0.1, 0.15) is 18.4 Å². The number of hydrogen-bond donors (Lipinski definition) is 0. The average molecular weight is 279 g/mol. The minimum absolute atomic E-state index is 0.255. The third kappa shape index (κ3) is 3.83. The molecule has 0 amide bonds. The summed E-state index contributed by atoms with van der Waals surface area (Å²) in [4.78, 5) is 8.38. The number of hydrogen-bond acceptors (Lipinski definition) is 4. The molecule has 0 unspecified atom stereocenters. The van der Waals surface area contributed by atoms with Crippen molar-refractivity contribution in [3.63, 3.8) is 0 Å². The van der Waals surface area contributed by atoms with Gasteiger partial charge in [-0.25, -0.2) is 9.97 Å². The zero-order chi connectivity index (χ0) is 13.7. The van der Waals surface area contributed by atoms with Crippen LogP contribution < -0.4 is 9.47 Å². The summed E-state index contributed by atoms with van der Waals surface area (Å²) in [6, 6.07) is 9.21. The molecule has 0 aliphatic rings. The first kappa shape index (κ1) is 13.6. The van der Waals surface area contributed by atoms with Crippen molar-refractivity contribution < 1.29 is 9.47 Å². The Morgan fingerprint density at radius 2 is 1.79 bits per heavy atom. The topological polar surface area (TPSA) is 44.2 Å². The van der Waals surface area contributed by atoms with E-state index < -0.39 is 0 Å². The molecule has 1 aromatic heterocycles. The van der Waals surface area contributed by atoms with E-state index in [1.54, 1.807) is 6.07 Å². The van der Waals surface area contributed by atoms with E-state index in [-0.39, 0.29) is 6.61 Å². The third-order valence-electron chi connectivity index (χ3n) is 2.38. The summed E-state index contributed by atoms with van der Waals surface area (Å²) in [6.45, 7) is 4.64. The van der Waals surface area contributed by atoms with Gasteiger partial charge in [-0.3, -0.25) is 0 Å². The van der Waals surface area contributed by atoms with Gasteiger partial charge in [0.05, 0.1) is 6.61 Å². The lowest BCUT2D eigenvalue weighted by atomic mass is 10.3. The average Bonchev–Trinajstić information content (AvgIpc) is 2.37. The maximum atomic E-state index is 5.88. The van der Waals surface area contributed by atoms with Gasteiger partial charge in [-0.15, -0.1) is 0 Å². The van der Waals surface area contributed by atoms with E-state index in [1.165, 1.54) is 0 Å². The lowest BCUT2D eigenvalue weighted by Gasteiger charge is -2.11. The van der Waals surface area contributed by atoms with Crippen molar-refractivity contribution in [3.8, 4) is 11.5 Å². The fourth-order valence-corrected chi connectivity index (χ4v) is 1.90. The normalized spacial score (nSPS) is 10.3. The first-order valence-electron chi connectivity index (χ1n) is 6.03. The molecule has 0 bridgehead atoms. The minimum Gasteiger partial charge on any atom is -0.490 e. The summed E-state index contributed by atoms with van der Waals surface area (Å²) in [7, 11) is 0. The van der Waals surface area contributed by atoms with Crippen LogP contribution in [-0.2, 0) is 6.61 Å². The molecular weight excluding hydrogens is 264 g/mol. The van der Waals surface area contributed by atoms with Crippen molar-refractivity contribution in [3.05, 3.63) is 47.0 Å². The molecule has 0 atom stereocenters. The Kier molecular flexibility index (Phi) is 4.58. The standard InChI is InChI=1S/C14H15ClN2O2/c1-3-18-11-6-4-5-7-12(11)19-9-14-16-10(2)8-13(15)17-14/h4-8H,3,9H2,1-2H3. The molecule has 1 aromatic carbocycles. The van der Waals surface area contributed by atoms with Crippen molar-refractivity contribution in [2.24, 2.45) is 0 Å². The molecule has 2 aromatic rings. The number of aryl methyl sites for hydroxylation is 1. The van der Waals surface area contributed by atoms with Gasteiger partial charge < -0.3 is 9.47 Å². The van der Waals surface area contributed by atoms with Crippen molar-refractivity contribution >= 4 is 11.6 Å². The SMILES string of the molecule is CCOc1ccccc1OCc1nc(C)cc(Cl)n1. The molecule has 0 spiro atoms. The second-order valence-corrected chi connectivity index (χ2v) is 4.30. The number of ether oxygens (including phenoxy) is 2. The highest BCUT2D eigenvalue weighted by atomic mass is 35.5. The highest BCUT2D eigenvalue weighted by Gasteiger charge is 2.06. The van der Waals surface area contributed by atoms with Crippen molar-refractivity contribution in [2.45, 2.75) is 20.5 Å². The number of benzene rings is 1. The number of rotatable bonds is 5. The molecule has 19 heavy (non-hydrogen) atoms. The fourth-order valence-electron chi connectivity index (χ4n) is 1.64. The molecule has 5 heteroatoms. The van der Waals surface area contributed by atoms with Crippen LogP contribution in [0.5, 0.6) is 11.5 Å². The van der Waals surface area contributed by atoms with E-state index >= 15 is 0 Å². The molecule has 0 saturated heterocycles. The van der Waals surface area contributed by atoms with Gasteiger partial charge in [0, 0.05) is 5.69 Å². The lowest BCUT2D eigenvalue weighted by molar-refractivity contribution is 0.263. The van der Waals surface area contributed by atoms with E-state index in [2.05, 4.69) is 9.97 Å². The largest absolute Gasteiger partial charge is 0.490 e. The van der Waals surface area contributed by atoms with E-state index in [9.17, 15) is 0 Å². The van der Waals surface area contributed by atoms with E-state index in [4.69, 9.17) is 21.1 Å². The van der Waals surface area contributed by atoms with Gasteiger partial charge in [-0.2, -0.15) is 0 Å². The highest BCUT2D eigenvalue weighted by molar-refractivity contribution is 6.29. The van der Waals surface area contributed by atoms with Crippen LogP contribution in [-0.4, -0.2) is 16.6 Å². The van der Waals surface area contributed by atoms with Crippen LogP contribution in [0.4, 0.5) is 0 Å². The highest BCUT2D eigenvalue weighted by Crippen LogP contribution is 2.26. The zero-order valence-corrected chi connectivity index (χ0v) is 11.6. The predicted octanol–water partition coefficient (Wildman–Crippen LogP) is 3.42. The Morgan fingerprint density at radius 3 is 2.42 bits per heavy atom. The van der Waals surface area contributed by atoms with Crippen molar-refractivity contribution in [2.75, 3.05) is 6.61 Å². The number of nitrogens with zero attached hydrogens (tertiary/aromatic N) is 2. The lowest BCUT2D eigenvalue weighted by Crippen LogP contribution is -2.04. The number of aromatic nitrogens is 2. The van der Waals surface area contributed by atoms with Crippen LogP contribution >= 0.6 is 11.6 Å². The van der Waals surface area contributed by atoms with Crippen molar-refractivity contribution in [1.82, 2.24) is 9.97 Å². The molecule has 0 N–H and O–H groups in total. The molecule has 0 aliphatic carbocycles. The number of para-hydroxylation sites is 2. The van der Waals surface area contributed by atoms with Gasteiger partial charge >= 0.3 is 0 Å². The quantitative estimate of drug-likeness (QED) is 0.786. The van der Waals surface area contributed by atoms with Crippen molar-refractivity contribution in [1.29, 1.82) is 0 Å². The molecule has 0 aliphatic heterocycles. The third-order valence-corrected chi connectivity index (χ3v) is 2.57. The van der Waals surface area contributed by atoms with E-state index in [1.807, 2.05) is 38.1 Å². The molecule has 0 radical (unpaired) electrons. The second kappa shape index (κ2) is 6.38. The summed E-state index contributed by atoms with van der Waals surface area (Å²) in [6.07, 6.45) is 0. The van der Waals surface area contributed by atoms with Crippen LogP contribution in [0.3, 0.4) is 0 Å². The zero-order valence-electron chi connectivity index (χ0n) is 10.9. The summed E-state index contributed by atoms with van der Waals surface area (Å²) in [5, 5.41) is 0.421. The van der Waals surface area contributed by atoms with Gasteiger partial charge in [-0.05, 0) is 32.0 Å². The Bertz CT molecular complexity index is 541. The van der Waals surface area contributed by atoms with Crippen LogP contribution in [0.25, 0.3) is 0 Å². The Hall–Kier alpha value is -1.81. The molecule has 100 valence electrons. The molecule has 4 nitrogen and oxygen atoms in total. The molecule has 2 rings (SSSR count). The van der Waals surface area contributed by atoms with E-state index in [0.29, 0.717) is 29.1 Å². The summed E-state index contributed by atoms with van der Waals surface area (Å²) in [5.41, 5.74) is 0.816. The monoisotopic (exact) mass is 278 g/mol. The van der Waals surface area contributed by atoms with Crippen LogP contribution in [0.15, 0.2) is 30.3 Å². The molecule has 0 fully saturated rings. The summed E-state index contributed by atoms with van der Waals surface area (Å²) in [5.74, 6) is 1.94. The first-order valence-corrected chi connectivity index (χ1v) is 6.41. The Labute approximate surface area is 117 Å². The molecule has 0 saturated carbocycles. The Morgan fingerprint density at radius 1 is 1.11 bits per heavy atom. The first-order chi connectivity index (χ1) is 9.19. The maximum absolute atomic E-state index is 5.88. The summed E-state index contributed by atoms with van der Waals surface area (Å²) < 4.78 is 11.2. The number of halogens is 1. The molecular formula is C14H15ClN2O2. The molecule has 1 heterocycles. The van der Waals surface area contributed by atoms with Gasteiger partial charge in [0.15, 0.2) is 17.3 Å². The van der Waals surface area contributed by atoms with E-state index in [0.717, 1.165) is 5.69 Å². The van der Waals surface area contributed by atoms with Gasteiger partial charge in [0.1, 0.15) is 11.8 Å². The second-order valence-electron chi connectivity index (χ2n) is 3.92. The van der Waals surface area contributed by atoms with Gasteiger partial charge in [-0.1, -0.05) is 23.7 Å². The smallest absolute Gasteiger partial charge is 0.167 e.